The molecule has 116 valence electrons. The van der Waals surface area contributed by atoms with Gasteiger partial charge in [-0.25, -0.2) is 4.99 Å². The largest absolute Gasteiger partial charge is 0.416 e. The molecule has 1 aromatic carbocycles. The fraction of sp³-hybridized carbons (Fsp3) is 0.357. The third-order valence-corrected chi connectivity index (χ3v) is 3.72. The summed E-state index contributed by atoms with van der Waals surface area (Å²) in [4.78, 5) is 28.6. The summed E-state index contributed by atoms with van der Waals surface area (Å²) < 4.78 is 38.0. The molecule has 0 aromatic heterocycles. The van der Waals surface area contributed by atoms with Crippen LogP contribution in [0.15, 0.2) is 23.2 Å². The third-order valence-electron chi connectivity index (χ3n) is 3.72. The second-order valence-electron chi connectivity index (χ2n) is 5.23. The van der Waals surface area contributed by atoms with Crippen LogP contribution < -0.4 is 5.32 Å². The number of nitrogens with one attached hydrogen (secondary N) is 1. The van der Waals surface area contributed by atoms with E-state index in [1.807, 2.05) is 0 Å². The van der Waals surface area contributed by atoms with E-state index in [1.165, 1.54) is 12.4 Å². The molecule has 5 nitrogen and oxygen atoms in total. The van der Waals surface area contributed by atoms with E-state index < -0.39 is 23.7 Å². The van der Waals surface area contributed by atoms with Crippen molar-refractivity contribution in [2.24, 2.45) is 4.99 Å². The highest BCUT2D eigenvalue weighted by Gasteiger charge is 2.34. The van der Waals surface area contributed by atoms with Gasteiger partial charge in [-0.2, -0.15) is 13.2 Å². The Bertz CT molecular complexity index is 670. The number of amides is 2. The molecule has 0 bridgehead atoms. The number of benzene rings is 1. The zero-order chi connectivity index (χ0) is 15.9. The minimum atomic E-state index is -4.41. The maximum Gasteiger partial charge on any atom is 0.416 e. The van der Waals surface area contributed by atoms with E-state index in [9.17, 15) is 22.8 Å². The molecule has 3 rings (SSSR count). The van der Waals surface area contributed by atoms with Crippen LogP contribution in [0.5, 0.6) is 0 Å². The lowest BCUT2D eigenvalue weighted by Gasteiger charge is -2.33. The van der Waals surface area contributed by atoms with Gasteiger partial charge in [0.25, 0.3) is 0 Å². The van der Waals surface area contributed by atoms with Gasteiger partial charge in [-0.3, -0.25) is 14.9 Å². The van der Waals surface area contributed by atoms with Gasteiger partial charge >= 0.3 is 6.18 Å². The number of nitrogens with zero attached hydrogens (tertiary/aromatic N) is 2. The second-order valence-corrected chi connectivity index (χ2v) is 5.23. The van der Waals surface area contributed by atoms with E-state index in [4.69, 9.17) is 0 Å². The number of piperidine rings is 1. The number of imide groups is 1. The Hall–Kier alpha value is -2.38. The number of carbonyl (C=O) groups excluding carboxylic acids is 2. The topological polar surface area (TPSA) is 61.8 Å². The summed E-state index contributed by atoms with van der Waals surface area (Å²) >= 11 is 0. The number of carbonyl (C=O) groups is 2. The fourth-order valence-corrected chi connectivity index (χ4v) is 2.56. The van der Waals surface area contributed by atoms with Crippen molar-refractivity contribution in [1.82, 2.24) is 10.2 Å². The van der Waals surface area contributed by atoms with Crippen LogP contribution in [0.4, 0.5) is 18.9 Å². The molecular weight excluding hydrogens is 299 g/mol. The molecular formula is C14H12F3N3O2. The third kappa shape index (κ3) is 2.68. The van der Waals surface area contributed by atoms with Crippen molar-refractivity contribution in [3.63, 3.8) is 0 Å². The minimum Gasteiger partial charge on any atom is -0.346 e. The number of aliphatic imine (C=N–C) groups is 1. The maximum absolute atomic E-state index is 12.7. The molecule has 0 radical (unpaired) electrons. The van der Waals surface area contributed by atoms with Crippen LogP contribution in [0.3, 0.4) is 0 Å². The Morgan fingerprint density at radius 3 is 2.73 bits per heavy atom. The highest BCUT2D eigenvalue weighted by atomic mass is 19.4. The smallest absolute Gasteiger partial charge is 0.346 e. The highest BCUT2D eigenvalue weighted by molar-refractivity contribution is 6.01. The Balaban J connectivity index is 1.81. The van der Waals surface area contributed by atoms with Crippen LogP contribution in [0.1, 0.15) is 24.0 Å². The monoisotopic (exact) mass is 311 g/mol. The number of rotatable bonds is 1. The molecule has 0 saturated carbocycles. The Morgan fingerprint density at radius 1 is 1.27 bits per heavy atom. The van der Waals surface area contributed by atoms with E-state index in [2.05, 4.69) is 10.3 Å². The molecule has 0 spiro atoms. The van der Waals surface area contributed by atoms with E-state index in [0.717, 1.165) is 12.1 Å². The molecule has 2 amide bonds. The zero-order valence-electron chi connectivity index (χ0n) is 11.4. The van der Waals surface area contributed by atoms with Crippen molar-refractivity contribution < 1.29 is 22.8 Å². The summed E-state index contributed by atoms with van der Waals surface area (Å²) in [5.74, 6) is -0.719. The molecule has 8 heteroatoms. The lowest BCUT2D eigenvalue weighted by Crippen LogP contribution is -2.52. The summed E-state index contributed by atoms with van der Waals surface area (Å²) in [7, 11) is 0. The first-order valence-electron chi connectivity index (χ1n) is 6.68. The predicted octanol–water partition coefficient (Wildman–Crippen LogP) is 1.99. The molecule has 1 atom stereocenters. The molecule has 2 aliphatic heterocycles. The molecule has 1 N–H and O–H groups in total. The molecule has 1 fully saturated rings. The summed E-state index contributed by atoms with van der Waals surface area (Å²) in [5, 5.41) is 2.25. The maximum atomic E-state index is 12.7. The summed E-state index contributed by atoms with van der Waals surface area (Å²) in [6.45, 7) is 0.281. The number of hydrogen-bond acceptors (Lipinski definition) is 4. The lowest BCUT2D eigenvalue weighted by atomic mass is 10.0. The van der Waals surface area contributed by atoms with Crippen molar-refractivity contribution in [3.05, 3.63) is 29.3 Å². The average molecular weight is 311 g/mol. The van der Waals surface area contributed by atoms with Gasteiger partial charge < -0.3 is 4.90 Å². The molecule has 2 heterocycles. The van der Waals surface area contributed by atoms with Gasteiger partial charge in [-0.1, -0.05) is 6.07 Å². The van der Waals surface area contributed by atoms with Crippen LogP contribution in [0, 0.1) is 0 Å². The number of alkyl halides is 3. The van der Waals surface area contributed by atoms with Gasteiger partial charge in [0, 0.05) is 13.0 Å². The van der Waals surface area contributed by atoms with E-state index in [1.54, 1.807) is 4.90 Å². The Kier molecular flexibility index (Phi) is 3.38. The van der Waals surface area contributed by atoms with E-state index in [-0.39, 0.29) is 24.6 Å². The van der Waals surface area contributed by atoms with Crippen molar-refractivity contribution in [1.29, 1.82) is 0 Å². The van der Waals surface area contributed by atoms with Crippen LogP contribution in [-0.2, 0) is 22.3 Å². The molecule has 0 aliphatic carbocycles. The van der Waals surface area contributed by atoms with Gasteiger partial charge in [0.1, 0.15) is 6.04 Å². The van der Waals surface area contributed by atoms with Gasteiger partial charge in [0.2, 0.25) is 11.8 Å². The van der Waals surface area contributed by atoms with Crippen molar-refractivity contribution in [2.45, 2.75) is 31.6 Å². The SMILES string of the molecule is O=C1CCC(N2C=Nc3cc(C(F)(F)F)ccc3C2)C(=O)N1. The quantitative estimate of drug-likeness (QED) is 0.807. The van der Waals surface area contributed by atoms with Gasteiger partial charge in [-0.05, 0) is 24.1 Å². The number of fused-ring (bicyclic) bond motifs is 1. The van der Waals surface area contributed by atoms with Gasteiger partial charge in [-0.15, -0.1) is 0 Å². The fourth-order valence-electron chi connectivity index (χ4n) is 2.56. The molecule has 1 aromatic rings. The molecule has 1 unspecified atom stereocenters. The summed E-state index contributed by atoms with van der Waals surface area (Å²) in [6, 6.07) is 2.83. The van der Waals surface area contributed by atoms with Crippen LogP contribution in [-0.4, -0.2) is 29.1 Å². The van der Waals surface area contributed by atoms with Gasteiger partial charge in [0.15, 0.2) is 0 Å². The average Bonchev–Trinajstić information content (AvgIpc) is 2.45. The van der Waals surface area contributed by atoms with Crippen molar-refractivity contribution in [3.8, 4) is 0 Å². The van der Waals surface area contributed by atoms with Crippen molar-refractivity contribution >= 4 is 23.8 Å². The summed E-state index contributed by atoms with van der Waals surface area (Å²) in [5.41, 5.74) is 0.108. The molecule has 22 heavy (non-hydrogen) atoms. The standard InChI is InChI=1S/C14H12F3N3O2/c15-14(16,17)9-2-1-8-6-20(7-18-10(8)5-9)11-3-4-12(21)19-13(11)22/h1-2,5,7,11H,3-4,6H2,(H,19,21,22). The van der Waals surface area contributed by atoms with Crippen LogP contribution >= 0.6 is 0 Å². The predicted molar refractivity (Wildman–Crippen MR) is 71.3 cm³/mol. The second kappa shape index (κ2) is 5.11. The van der Waals surface area contributed by atoms with Crippen LogP contribution in [0.25, 0.3) is 0 Å². The number of halogens is 3. The minimum absolute atomic E-state index is 0.237. The molecule has 2 aliphatic rings. The lowest BCUT2D eigenvalue weighted by molar-refractivity contribution is -0.138. The van der Waals surface area contributed by atoms with Crippen LogP contribution in [0.2, 0.25) is 0 Å². The van der Waals surface area contributed by atoms with E-state index in [0.29, 0.717) is 12.0 Å². The number of hydrogen-bond donors (Lipinski definition) is 1. The Labute approximate surface area is 123 Å². The van der Waals surface area contributed by atoms with Crippen molar-refractivity contribution in [2.75, 3.05) is 0 Å². The van der Waals surface area contributed by atoms with E-state index >= 15 is 0 Å². The zero-order valence-corrected chi connectivity index (χ0v) is 11.4. The first kappa shape index (κ1) is 14.6. The van der Waals surface area contributed by atoms with Gasteiger partial charge in [0.05, 0.1) is 17.6 Å². The Morgan fingerprint density at radius 2 is 2.05 bits per heavy atom. The molecule has 1 saturated heterocycles. The summed E-state index contributed by atoms with van der Waals surface area (Å²) in [6.07, 6.45) is -2.44. The highest BCUT2D eigenvalue weighted by Crippen LogP contribution is 2.35. The first-order valence-corrected chi connectivity index (χ1v) is 6.68. The normalized spacial score (nSPS) is 21.6. The first-order chi connectivity index (χ1) is 10.3.